The molecule has 0 aromatic carbocycles. The number of hydrogen-bond donors (Lipinski definition) is 3. The summed E-state index contributed by atoms with van der Waals surface area (Å²) in [5.74, 6) is -1.06. The number of nitrogens with two attached hydrogens (primary N) is 1. The molecule has 104 valence electrons. The number of nitrogens with one attached hydrogen (secondary N) is 2. The Morgan fingerprint density at radius 3 is 2.79 bits per heavy atom. The summed E-state index contributed by atoms with van der Waals surface area (Å²) in [6.07, 6.45) is 1.77. The molecule has 0 bridgehead atoms. The number of urea groups is 1. The van der Waals surface area contributed by atoms with Crippen molar-refractivity contribution in [3.8, 4) is 0 Å². The van der Waals surface area contributed by atoms with Gasteiger partial charge in [0.05, 0.1) is 10.9 Å². The van der Waals surface area contributed by atoms with E-state index in [9.17, 15) is 14.4 Å². The molecule has 0 spiro atoms. The summed E-state index contributed by atoms with van der Waals surface area (Å²) >= 11 is 1.16. The highest BCUT2D eigenvalue weighted by Gasteiger charge is 2.38. The van der Waals surface area contributed by atoms with Crippen molar-refractivity contribution in [1.82, 2.24) is 10.6 Å². The molecule has 8 heteroatoms. The van der Waals surface area contributed by atoms with Gasteiger partial charge in [-0.25, -0.2) is 9.59 Å². The van der Waals surface area contributed by atoms with Crippen LogP contribution in [0.3, 0.4) is 0 Å². The predicted molar refractivity (Wildman–Crippen MR) is 70.9 cm³/mol. The number of allylic oxidation sites excluding steroid dienone is 1. The van der Waals surface area contributed by atoms with Crippen molar-refractivity contribution in [2.45, 2.75) is 19.0 Å². The zero-order valence-electron chi connectivity index (χ0n) is 10.3. The van der Waals surface area contributed by atoms with Crippen molar-refractivity contribution in [2.24, 2.45) is 5.73 Å². The number of carbonyl (C=O) groups excluding carboxylic acids is 3. The van der Waals surface area contributed by atoms with E-state index in [1.54, 1.807) is 11.5 Å². The number of thioether (sulfide) groups is 1. The van der Waals surface area contributed by atoms with E-state index in [1.807, 2.05) is 6.92 Å². The lowest BCUT2D eigenvalue weighted by Gasteiger charge is -2.17. The van der Waals surface area contributed by atoms with Gasteiger partial charge in [-0.05, 0) is 12.3 Å². The highest BCUT2D eigenvalue weighted by Crippen LogP contribution is 2.16. The second-order valence-corrected chi connectivity index (χ2v) is 4.71. The van der Waals surface area contributed by atoms with Crippen LogP contribution in [0.15, 0.2) is 23.0 Å². The standard InChI is InChI=1S/C11H15N3O4S/c1-3-4-19-6(2)9(15)13-7-5-18-10(16)8(7)14-11(12)17/h3-4,7-8H,2,5H2,1H3,(H,13,15)(H3,12,14,17)/b4-3-. The van der Waals surface area contributed by atoms with Crippen LogP contribution in [0.5, 0.6) is 0 Å². The third-order valence-electron chi connectivity index (χ3n) is 2.28. The molecule has 3 amide bonds. The highest BCUT2D eigenvalue weighted by molar-refractivity contribution is 8.06. The predicted octanol–water partition coefficient (Wildman–Crippen LogP) is -0.155. The first-order valence-electron chi connectivity index (χ1n) is 5.46. The molecule has 0 aromatic heterocycles. The van der Waals surface area contributed by atoms with E-state index in [4.69, 9.17) is 10.5 Å². The maximum atomic E-state index is 11.8. The van der Waals surface area contributed by atoms with Crippen molar-refractivity contribution in [2.75, 3.05) is 6.61 Å². The molecule has 1 rings (SSSR count). The lowest BCUT2D eigenvalue weighted by Crippen LogP contribution is -2.53. The van der Waals surface area contributed by atoms with Crippen molar-refractivity contribution < 1.29 is 19.1 Å². The van der Waals surface area contributed by atoms with E-state index in [0.29, 0.717) is 0 Å². The summed E-state index contributed by atoms with van der Waals surface area (Å²) in [6.45, 7) is 5.40. The number of carbonyl (C=O) groups is 3. The Kier molecular flexibility index (Phi) is 5.43. The molecule has 0 saturated carbocycles. The molecular weight excluding hydrogens is 270 g/mol. The summed E-state index contributed by atoms with van der Waals surface area (Å²) in [7, 11) is 0. The fourth-order valence-corrected chi connectivity index (χ4v) is 1.88. The minimum Gasteiger partial charge on any atom is -0.462 e. The van der Waals surface area contributed by atoms with Crippen molar-refractivity contribution in [3.63, 3.8) is 0 Å². The van der Waals surface area contributed by atoms with Gasteiger partial charge in [-0.1, -0.05) is 24.4 Å². The maximum absolute atomic E-state index is 11.8. The van der Waals surface area contributed by atoms with Crippen LogP contribution in [-0.2, 0) is 14.3 Å². The molecule has 0 aliphatic carbocycles. The number of amides is 3. The Bertz CT molecular complexity index is 436. The molecule has 0 radical (unpaired) electrons. The minimum atomic E-state index is -0.971. The quantitative estimate of drug-likeness (QED) is 0.480. The van der Waals surface area contributed by atoms with Crippen molar-refractivity contribution in [3.05, 3.63) is 23.0 Å². The van der Waals surface area contributed by atoms with Crippen LogP contribution in [0.25, 0.3) is 0 Å². The van der Waals surface area contributed by atoms with Gasteiger partial charge in [0.25, 0.3) is 5.91 Å². The minimum absolute atomic E-state index is 0.0168. The summed E-state index contributed by atoms with van der Waals surface area (Å²) < 4.78 is 4.77. The number of hydrogen-bond acceptors (Lipinski definition) is 5. The smallest absolute Gasteiger partial charge is 0.331 e. The third-order valence-corrected chi connectivity index (χ3v) is 3.15. The highest BCUT2D eigenvalue weighted by atomic mass is 32.2. The second-order valence-electron chi connectivity index (χ2n) is 3.71. The van der Waals surface area contributed by atoms with Crippen LogP contribution in [0, 0.1) is 0 Å². The van der Waals surface area contributed by atoms with Crippen molar-refractivity contribution >= 4 is 29.7 Å². The molecule has 1 aliphatic rings. The molecule has 1 saturated heterocycles. The van der Waals surface area contributed by atoms with Gasteiger partial charge in [0.2, 0.25) is 0 Å². The largest absolute Gasteiger partial charge is 0.462 e. The fourth-order valence-electron chi connectivity index (χ4n) is 1.41. The maximum Gasteiger partial charge on any atom is 0.331 e. The van der Waals surface area contributed by atoms with Gasteiger partial charge in [0.15, 0.2) is 6.04 Å². The average molecular weight is 285 g/mol. The molecule has 19 heavy (non-hydrogen) atoms. The Hall–Kier alpha value is -1.96. The molecule has 4 N–H and O–H groups in total. The van der Waals surface area contributed by atoms with E-state index >= 15 is 0 Å². The lowest BCUT2D eigenvalue weighted by molar-refractivity contribution is -0.139. The van der Waals surface area contributed by atoms with Gasteiger partial charge in [0.1, 0.15) is 6.61 Å². The molecule has 2 atom stereocenters. The molecule has 1 aliphatic heterocycles. The fraction of sp³-hybridized carbons (Fsp3) is 0.364. The number of esters is 1. The molecule has 7 nitrogen and oxygen atoms in total. The first-order valence-corrected chi connectivity index (χ1v) is 6.34. The number of ether oxygens (including phenoxy) is 1. The average Bonchev–Trinajstić information content (AvgIpc) is 2.67. The summed E-state index contributed by atoms with van der Waals surface area (Å²) in [6, 6.07) is -2.48. The van der Waals surface area contributed by atoms with E-state index in [2.05, 4.69) is 17.2 Å². The first kappa shape index (κ1) is 15.1. The van der Waals surface area contributed by atoms with Gasteiger partial charge in [-0.15, -0.1) is 0 Å². The molecule has 1 heterocycles. The SMILES string of the molecule is C=C(S/C=C\C)C(=O)NC1COC(=O)C1NC(N)=O. The van der Waals surface area contributed by atoms with Crippen molar-refractivity contribution in [1.29, 1.82) is 0 Å². The lowest BCUT2D eigenvalue weighted by atomic mass is 10.1. The van der Waals surface area contributed by atoms with E-state index in [-0.39, 0.29) is 11.5 Å². The Morgan fingerprint density at radius 1 is 1.53 bits per heavy atom. The Morgan fingerprint density at radius 2 is 2.21 bits per heavy atom. The number of cyclic esters (lactones) is 1. The topological polar surface area (TPSA) is 111 Å². The zero-order valence-corrected chi connectivity index (χ0v) is 11.2. The van der Waals surface area contributed by atoms with E-state index in [1.165, 1.54) is 0 Å². The van der Waals surface area contributed by atoms with Gasteiger partial charge >= 0.3 is 12.0 Å². The molecule has 1 fully saturated rings. The first-order chi connectivity index (χ1) is 8.95. The molecular formula is C11H15N3O4S. The van der Waals surface area contributed by atoms with Crippen LogP contribution in [0.4, 0.5) is 4.79 Å². The van der Waals surface area contributed by atoms with Crippen LogP contribution >= 0.6 is 11.8 Å². The van der Waals surface area contributed by atoms with E-state index in [0.717, 1.165) is 11.8 Å². The van der Waals surface area contributed by atoms with E-state index < -0.39 is 30.0 Å². The summed E-state index contributed by atoms with van der Waals surface area (Å²) in [5, 5.41) is 6.50. The van der Waals surface area contributed by atoms with Crippen LogP contribution < -0.4 is 16.4 Å². The van der Waals surface area contributed by atoms with Gasteiger partial charge in [-0.3, -0.25) is 4.79 Å². The summed E-state index contributed by atoms with van der Waals surface area (Å²) in [4.78, 5) is 34.2. The molecule has 0 aromatic rings. The monoisotopic (exact) mass is 285 g/mol. The van der Waals surface area contributed by atoms with Gasteiger partial charge < -0.3 is 21.1 Å². The van der Waals surface area contributed by atoms with Gasteiger partial charge in [0, 0.05) is 0 Å². The van der Waals surface area contributed by atoms with Crippen LogP contribution in [0.1, 0.15) is 6.92 Å². The zero-order chi connectivity index (χ0) is 14.4. The number of primary amides is 1. The van der Waals surface area contributed by atoms with Gasteiger partial charge in [-0.2, -0.15) is 0 Å². The second kappa shape index (κ2) is 6.83. The van der Waals surface area contributed by atoms with Crippen LogP contribution in [-0.4, -0.2) is 36.6 Å². The summed E-state index contributed by atoms with van der Waals surface area (Å²) in [5.41, 5.74) is 4.95. The normalized spacial score (nSPS) is 22.1. The van der Waals surface area contributed by atoms with Crippen LogP contribution in [0.2, 0.25) is 0 Å². The Labute approximate surface area is 114 Å². The number of rotatable bonds is 5. The Balaban J connectivity index is 2.59. The third kappa shape index (κ3) is 4.32. The molecule has 2 unspecified atom stereocenters.